The first-order valence-corrected chi connectivity index (χ1v) is 8.05. The molecule has 2 rings (SSSR count). The van der Waals surface area contributed by atoms with E-state index in [1.807, 2.05) is 30.3 Å². The summed E-state index contributed by atoms with van der Waals surface area (Å²) < 4.78 is 0. The fraction of sp³-hybridized carbons (Fsp3) is 0.316. The number of anilines is 2. The quantitative estimate of drug-likeness (QED) is 0.868. The van der Waals surface area contributed by atoms with Crippen molar-refractivity contribution in [3.8, 4) is 0 Å². The Hall–Kier alpha value is -2.49. The third kappa shape index (κ3) is 4.74. The third-order valence-electron chi connectivity index (χ3n) is 3.86. The van der Waals surface area contributed by atoms with E-state index >= 15 is 0 Å². The van der Waals surface area contributed by atoms with Crippen LogP contribution in [0.15, 0.2) is 54.6 Å². The third-order valence-corrected chi connectivity index (χ3v) is 3.86. The largest absolute Gasteiger partial charge is 0.372 e. The first-order valence-electron chi connectivity index (χ1n) is 8.05. The molecule has 0 aliphatic heterocycles. The SMILES string of the molecule is CCN(CC)c1ccc(CN(C)C(=O)Nc2ccccc2)cc1. The number of amides is 2. The zero-order valence-corrected chi connectivity index (χ0v) is 14.1. The van der Waals surface area contributed by atoms with Gasteiger partial charge in [0.15, 0.2) is 0 Å². The van der Waals surface area contributed by atoms with E-state index < -0.39 is 0 Å². The first kappa shape index (κ1) is 16.9. The van der Waals surface area contributed by atoms with Gasteiger partial charge in [0.2, 0.25) is 0 Å². The summed E-state index contributed by atoms with van der Waals surface area (Å²) in [6, 6.07) is 17.8. The topological polar surface area (TPSA) is 35.6 Å². The summed E-state index contributed by atoms with van der Waals surface area (Å²) in [6.45, 7) is 6.87. The number of nitrogens with one attached hydrogen (secondary N) is 1. The van der Waals surface area contributed by atoms with Gasteiger partial charge < -0.3 is 15.1 Å². The van der Waals surface area contributed by atoms with Crippen molar-refractivity contribution in [2.75, 3.05) is 30.4 Å². The van der Waals surface area contributed by atoms with Crippen LogP contribution in [0.2, 0.25) is 0 Å². The molecule has 2 aromatic rings. The molecule has 0 saturated heterocycles. The van der Waals surface area contributed by atoms with Gasteiger partial charge in [0, 0.05) is 38.1 Å². The van der Waals surface area contributed by atoms with Crippen molar-refractivity contribution in [1.82, 2.24) is 4.90 Å². The van der Waals surface area contributed by atoms with Crippen LogP contribution in [0.5, 0.6) is 0 Å². The number of carbonyl (C=O) groups is 1. The molecule has 0 saturated carbocycles. The van der Waals surface area contributed by atoms with Crippen LogP contribution in [-0.2, 0) is 6.54 Å². The second-order valence-electron chi connectivity index (χ2n) is 5.49. The van der Waals surface area contributed by atoms with E-state index in [-0.39, 0.29) is 6.03 Å². The normalized spacial score (nSPS) is 10.2. The van der Waals surface area contributed by atoms with Gasteiger partial charge in [-0.15, -0.1) is 0 Å². The molecule has 2 aromatic carbocycles. The number of carbonyl (C=O) groups excluding carboxylic acids is 1. The van der Waals surface area contributed by atoms with Crippen molar-refractivity contribution in [2.45, 2.75) is 20.4 Å². The van der Waals surface area contributed by atoms with E-state index in [1.54, 1.807) is 11.9 Å². The van der Waals surface area contributed by atoms with Gasteiger partial charge in [-0.1, -0.05) is 30.3 Å². The maximum Gasteiger partial charge on any atom is 0.321 e. The van der Waals surface area contributed by atoms with E-state index in [9.17, 15) is 4.79 Å². The fourth-order valence-corrected chi connectivity index (χ4v) is 2.49. The number of para-hydroxylation sites is 1. The van der Waals surface area contributed by atoms with Gasteiger partial charge in [0.25, 0.3) is 0 Å². The van der Waals surface area contributed by atoms with Gasteiger partial charge in [0.05, 0.1) is 0 Å². The summed E-state index contributed by atoms with van der Waals surface area (Å²) in [4.78, 5) is 16.2. The van der Waals surface area contributed by atoms with Gasteiger partial charge in [-0.25, -0.2) is 4.79 Å². The first-order chi connectivity index (χ1) is 11.1. The molecule has 0 aliphatic carbocycles. The molecule has 2 amide bonds. The molecule has 0 unspecified atom stereocenters. The highest BCUT2D eigenvalue weighted by Gasteiger charge is 2.09. The molecule has 0 bridgehead atoms. The van der Waals surface area contributed by atoms with E-state index in [1.165, 1.54) is 5.69 Å². The lowest BCUT2D eigenvalue weighted by Gasteiger charge is -2.22. The predicted octanol–water partition coefficient (Wildman–Crippen LogP) is 4.20. The number of urea groups is 1. The molecule has 0 atom stereocenters. The van der Waals surface area contributed by atoms with Crippen molar-refractivity contribution < 1.29 is 4.79 Å². The Kier molecular flexibility index (Phi) is 6.03. The predicted molar refractivity (Wildman–Crippen MR) is 96.9 cm³/mol. The number of nitrogens with zero attached hydrogens (tertiary/aromatic N) is 2. The van der Waals surface area contributed by atoms with Gasteiger partial charge in [-0.2, -0.15) is 0 Å². The molecule has 0 aliphatic rings. The van der Waals surface area contributed by atoms with Crippen LogP contribution in [0.1, 0.15) is 19.4 Å². The van der Waals surface area contributed by atoms with Crippen LogP contribution in [0.4, 0.5) is 16.2 Å². The number of rotatable bonds is 6. The summed E-state index contributed by atoms with van der Waals surface area (Å²) >= 11 is 0. The highest BCUT2D eigenvalue weighted by atomic mass is 16.2. The molecule has 0 fully saturated rings. The van der Waals surface area contributed by atoms with Gasteiger partial charge in [-0.05, 0) is 43.7 Å². The van der Waals surface area contributed by atoms with Gasteiger partial charge in [-0.3, -0.25) is 0 Å². The Morgan fingerprint density at radius 1 is 0.957 bits per heavy atom. The zero-order valence-electron chi connectivity index (χ0n) is 14.1. The van der Waals surface area contributed by atoms with Crippen LogP contribution in [0.25, 0.3) is 0 Å². The van der Waals surface area contributed by atoms with Crippen LogP contribution in [-0.4, -0.2) is 31.1 Å². The molecule has 4 nitrogen and oxygen atoms in total. The van der Waals surface area contributed by atoms with E-state index in [0.717, 1.165) is 24.3 Å². The van der Waals surface area contributed by atoms with Crippen molar-refractivity contribution in [3.63, 3.8) is 0 Å². The van der Waals surface area contributed by atoms with E-state index in [0.29, 0.717) is 6.54 Å². The van der Waals surface area contributed by atoms with E-state index in [2.05, 4.69) is 48.3 Å². The molecule has 23 heavy (non-hydrogen) atoms. The molecule has 122 valence electrons. The van der Waals surface area contributed by atoms with Gasteiger partial charge in [0.1, 0.15) is 0 Å². The summed E-state index contributed by atoms with van der Waals surface area (Å²) in [5, 5.41) is 2.89. The summed E-state index contributed by atoms with van der Waals surface area (Å²) in [6.07, 6.45) is 0. The molecule has 4 heteroatoms. The molecule has 0 heterocycles. The number of hydrogen-bond donors (Lipinski definition) is 1. The van der Waals surface area contributed by atoms with Crippen LogP contribution in [0.3, 0.4) is 0 Å². The Balaban J connectivity index is 1.94. The molecule has 0 radical (unpaired) electrons. The van der Waals surface area contributed by atoms with E-state index in [4.69, 9.17) is 0 Å². The van der Waals surface area contributed by atoms with Crippen molar-refractivity contribution in [1.29, 1.82) is 0 Å². The van der Waals surface area contributed by atoms with Gasteiger partial charge >= 0.3 is 6.03 Å². The fourth-order valence-electron chi connectivity index (χ4n) is 2.49. The molecule has 0 aromatic heterocycles. The standard InChI is InChI=1S/C19H25N3O/c1-4-22(5-2)18-13-11-16(12-14-18)15-21(3)19(23)20-17-9-7-6-8-10-17/h6-14H,4-5,15H2,1-3H3,(H,20,23). The van der Waals surface area contributed by atoms with Crippen LogP contribution >= 0.6 is 0 Å². The Labute approximate surface area is 138 Å². The van der Waals surface area contributed by atoms with Crippen LogP contribution in [0, 0.1) is 0 Å². The summed E-state index contributed by atoms with van der Waals surface area (Å²) in [5.74, 6) is 0. The minimum Gasteiger partial charge on any atom is -0.372 e. The minimum absolute atomic E-state index is 0.107. The Morgan fingerprint density at radius 2 is 1.57 bits per heavy atom. The smallest absolute Gasteiger partial charge is 0.321 e. The lowest BCUT2D eigenvalue weighted by molar-refractivity contribution is 0.220. The minimum atomic E-state index is -0.107. The maximum atomic E-state index is 12.2. The average Bonchev–Trinajstić information content (AvgIpc) is 2.58. The monoisotopic (exact) mass is 311 g/mol. The number of hydrogen-bond acceptors (Lipinski definition) is 2. The summed E-state index contributed by atoms with van der Waals surface area (Å²) in [5.41, 5.74) is 3.14. The summed E-state index contributed by atoms with van der Waals surface area (Å²) in [7, 11) is 1.80. The highest BCUT2D eigenvalue weighted by molar-refractivity contribution is 5.89. The maximum absolute atomic E-state index is 12.2. The molecular formula is C19H25N3O. The molecule has 1 N–H and O–H groups in total. The molecule has 0 spiro atoms. The average molecular weight is 311 g/mol. The Bertz CT molecular complexity index is 606. The lowest BCUT2D eigenvalue weighted by atomic mass is 10.2. The second-order valence-corrected chi connectivity index (χ2v) is 5.49. The van der Waals surface area contributed by atoms with Crippen molar-refractivity contribution in [3.05, 3.63) is 60.2 Å². The number of benzene rings is 2. The Morgan fingerprint density at radius 3 is 2.13 bits per heavy atom. The highest BCUT2D eigenvalue weighted by Crippen LogP contribution is 2.16. The zero-order chi connectivity index (χ0) is 16.7. The van der Waals surface area contributed by atoms with Crippen molar-refractivity contribution in [2.24, 2.45) is 0 Å². The van der Waals surface area contributed by atoms with Crippen LogP contribution < -0.4 is 10.2 Å². The van der Waals surface area contributed by atoms with Crippen molar-refractivity contribution >= 4 is 17.4 Å². The second kappa shape index (κ2) is 8.22. The molecular weight excluding hydrogens is 286 g/mol. The lowest BCUT2D eigenvalue weighted by Crippen LogP contribution is -2.30.